The van der Waals surface area contributed by atoms with Crippen LogP contribution in [0, 0.1) is 3.57 Å². The SMILES string of the molecule is CC(C)(C)OC(=O)N[C@@H](CCCCCC(=O)CCc1ccc(I)cc1)C(=O)O. The lowest BCUT2D eigenvalue weighted by molar-refractivity contribution is -0.139. The van der Waals surface area contributed by atoms with Gasteiger partial charge in [-0.05, 0) is 80.3 Å². The minimum absolute atomic E-state index is 0.222. The van der Waals surface area contributed by atoms with Gasteiger partial charge in [0.1, 0.15) is 17.4 Å². The number of carbonyl (C=O) groups is 3. The average Bonchev–Trinajstić information content (AvgIpc) is 2.58. The van der Waals surface area contributed by atoms with Crippen LogP contribution in [0.25, 0.3) is 0 Å². The number of ether oxygens (including phenoxy) is 1. The molecule has 1 atom stereocenters. The minimum Gasteiger partial charge on any atom is -0.480 e. The van der Waals surface area contributed by atoms with E-state index in [2.05, 4.69) is 27.9 Å². The predicted octanol–water partition coefficient (Wildman–Crippen LogP) is 4.72. The molecule has 0 fully saturated rings. The molecule has 1 rings (SSSR count). The van der Waals surface area contributed by atoms with E-state index in [1.807, 2.05) is 24.3 Å². The molecule has 1 aromatic carbocycles. The second kappa shape index (κ2) is 12.0. The number of benzene rings is 1. The number of carboxylic acids is 1. The third-order valence-electron chi connectivity index (χ3n) is 4.04. The number of alkyl carbamates (subject to hydrolysis) is 1. The highest BCUT2D eigenvalue weighted by molar-refractivity contribution is 14.1. The summed E-state index contributed by atoms with van der Waals surface area (Å²) in [5.74, 6) is -0.861. The number of rotatable bonds is 11. The van der Waals surface area contributed by atoms with Crippen molar-refractivity contribution in [2.45, 2.75) is 77.4 Å². The van der Waals surface area contributed by atoms with Gasteiger partial charge in [-0.25, -0.2) is 9.59 Å². The first-order chi connectivity index (χ1) is 13.1. The molecule has 0 saturated heterocycles. The van der Waals surface area contributed by atoms with Crippen molar-refractivity contribution in [1.29, 1.82) is 0 Å². The summed E-state index contributed by atoms with van der Waals surface area (Å²) in [6.45, 7) is 5.16. The van der Waals surface area contributed by atoms with E-state index in [4.69, 9.17) is 4.74 Å². The number of carbonyl (C=O) groups excluding carboxylic acids is 2. The second-order valence-corrected chi connectivity index (χ2v) is 9.05. The zero-order chi connectivity index (χ0) is 21.2. The minimum atomic E-state index is -1.08. The summed E-state index contributed by atoms with van der Waals surface area (Å²) in [5.41, 5.74) is 0.484. The van der Waals surface area contributed by atoms with Crippen molar-refractivity contribution < 1.29 is 24.2 Å². The van der Waals surface area contributed by atoms with Gasteiger partial charge in [0, 0.05) is 16.4 Å². The number of nitrogens with one attached hydrogen (secondary N) is 1. The van der Waals surface area contributed by atoms with Crippen LogP contribution in [0.4, 0.5) is 4.79 Å². The van der Waals surface area contributed by atoms with Crippen LogP contribution in [0.5, 0.6) is 0 Å². The molecule has 1 aromatic rings. The zero-order valence-electron chi connectivity index (χ0n) is 16.8. The van der Waals surface area contributed by atoms with E-state index in [1.165, 1.54) is 3.57 Å². The summed E-state index contributed by atoms with van der Waals surface area (Å²) in [6.07, 6.45) is 3.45. The Morgan fingerprint density at radius 2 is 1.71 bits per heavy atom. The van der Waals surface area contributed by atoms with Crippen LogP contribution in [0.15, 0.2) is 24.3 Å². The van der Waals surface area contributed by atoms with Gasteiger partial charge in [-0.2, -0.15) is 0 Å². The molecule has 0 bridgehead atoms. The number of unbranched alkanes of at least 4 members (excludes halogenated alkanes) is 2. The first-order valence-electron chi connectivity index (χ1n) is 9.55. The maximum absolute atomic E-state index is 12.0. The van der Waals surface area contributed by atoms with Gasteiger partial charge in [0.25, 0.3) is 0 Å². The van der Waals surface area contributed by atoms with E-state index < -0.39 is 23.7 Å². The molecule has 0 aliphatic rings. The van der Waals surface area contributed by atoms with Gasteiger partial charge in [0.15, 0.2) is 0 Å². The molecular weight excluding hydrogens is 473 g/mol. The van der Waals surface area contributed by atoms with E-state index in [0.29, 0.717) is 25.7 Å². The Balaban J connectivity index is 2.22. The Morgan fingerprint density at radius 1 is 1.07 bits per heavy atom. The van der Waals surface area contributed by atoms with Crippen molar-refractivity contribution in [2.75, 3.05) is 0 Å². The maximum Gasteiger partial charge on any atom is 0.408 e. The molecule has 2 N–H and O–H groups in total. The molecule has 0 saturated carbocycles. The number of amides is 1. The Labute approximate surface area is 180 Å². The fourth-order valence-electron chi connectivity index (χ4n) is 2.61. The normalized spacial score (nSPS) is 12.3. The Hall–Kier alpha value is -1.64. The van der Waals surface area contributed by atoms with Crippen LogP contribution < -0.4 is 5.32 Å². The van der Waals surface area contributed by atoms with Crippen molar-refractivity contribution >= 4 is 40.4 Å². The van der Waals surface area contributed by atoms with Crippen LogP contribution in [0.3, 0.4) is 0 Å². The highest BCUT2D eigenvalue weighted by Gasteiger charge is 2.23. The fraction of sp³-hybridized carbons (Fsp3) is 0.571. The number of hydrogen-bond donors (Lipinski definition) is 2. The Kier molecular flexibility index (Phi) is 10.5. The van der Waals surface area contributed by atoms with Crippen molar-refractivity contribution in [3.8, 4) is 0 Å². The quantitative estimate of drug-likeness (QED) is 0.337. The van der Waals surface area contributed by atoms with Gasteiger partial charge in [-0.1, -0.05) is 25.0 Å². The van der Waals surface area contributed by atoms with E-state index in [0.717, 1.165) is 24.8 Å². The smallest absolute Gasteiger partial charge is 0.408 e. The lowest BCUT2D eigenvalue weighted by Gasteiger charge is -2.22. The van der Waals surface area contributed by atoms with E-state index >= 15 is 0 Å². The number of Topliss-reactive ketones (excluding diaryl/α,β-unsaturated/α-hetero) is 1. The molecule has 0 spiro atoms. The molecule has 0 aromatic heterocycles. The number of halogens is 1. The van der Waals surface area contributed by atoms with Gasteiger partial charge in [-0.15, -0.1) is 0 Å². The molecule has 0 heterocycles. The van der Waals surface area contributed by atoms with Crippen molar-refractivity contribution in [3.05, 3.63) is 33.4 Å². The first kappa shape index (κ1) is 24.4. The Bertz CT molecular complexity index is 652. The van der Waals surface area contributed by atoms with Crippen molar-refractivity contribution in [1.82, 2.24) is 5.32 Å². The summed E-state index contributed by atoms with van der Waals surface area (Å²) < 4.78 is 6.26. The molecule has 0 radical (unpaired) electrons. The molecule has 28 heavy (non-hydrogen) atoms. The lowest BCUT2D eigenvalue weighted by Crippen LogP contribution is -2.43. The molecular formula is C21H30INO5. The summed E-state index contributed by atoms with van der Waals surface area (Å²) >= 11 is 2.25. The third kappa shape index (κ3) is 11.3. The zero-order valence-corrected chi connectivity index (χ0v) is 19.0. The number of aryl methyl sites for hydroxylation is 1. The summed E-state index contributed by atoms with van der Waals surface area (Å²) in [4.78, 5) is 35.0. The first-order valence-corrected chi connectivity index (χ1v) is 10.6. The lowest BCUT2D eigenvalue weighted by atomic mass is 10.0. The maximum atomic E-state index is 12.0. The summed E-state index contributed by atoms with van der Waals surface area (Å²) in [6, 6.07) is 7.17. The topological polar surface area (TPSA) is 92.7 Å². The van der Waals surface area contributed by atoms with Crippen molar-refractivity contribution in [2.24, 2.45) is 0 Å². The highest BCUT2D eigenvalue weighted by atomic mass is 127. The molecule has 6 nitrogen and oxygen atoms in total. The summed E-state index contributed by atoms with van der Waals surface area (Å²) in [5, 5.41) is 11.6. The molecule has 156 valence electrons. The predicted molar refractivity (Wildman–Crippen MR) is 116 cm³/mol. The van der Waals surface area contributed by atoms with Crippen LogP contribution in [0.2, 0.25) is 0 Å². The number of ketones is 1. The van der Waals surface area contributed by atoms with Crippen LogP contribution in [-0.4, -0.2) is 34.6 Å². The van der Waals surface area contributed by atoms with Gasteiger partial charge in [0.2, 0.25) is 0 Å². The molecule has 0 aliphatic carbocycles. The van der Waals surface area contributed by atoms with Gasteiger partial charge >= 0.3 is 12.1 Å². The fourth-order valence-corrected chi connectivity index (χ4v) is 2.97. The number of hydrogen-bond acceptors (Lipinski definition) is 4. The van der Waals surface area contributed by atoms with Crippen molar-refractivity contribution in [3.63, 3.8) is 0 Å². The molecule has 0 unspecified atom stereocenters. The average molecular weight is 503 g/mol. The second-order valence-electron chi connectivity index (χ2n) is 7.80. The van der Waals surface area contributed by atoms with E-state index in [1.54, 1.807) is 20.8 Å². The summed E-state index contributed by atoms with van der Waals surface area (Å²) in [7, 11) is 0. The van der Waals surface area contributed by atoms with E-state index in [9.17, 15) is 19.5 Å². The highest BCUT2D eigenvalue weighted by Crippen LogP contribution is 2.12. The van der Waals surface area contributed by atoms with E-state index in [-0.39, 0.29) is 5.78 Å². The van der Waals surface area contributed by atoms with Crippen LogP contribution in [0.1, 0.15) is 64.9 Å². The van der Waals surface area contributed by atoms with Gasteiger partial charge in [0.05, 0.1) is 0 Å². The Morgan fingerprint density at radius 3 is 2.29 bits per heavy atom. The number of aliphatic carboxylic acids is 1. The third-order valence-corrected chi connectivity index (χ3v) is 4.76. The van der Waals surface area contributed by atoms with Crippen LogP contribution >= 0.6 is 22.6 Å². The van der Waals surface area contributed by atoms with Crippen LogP contribution in [-0.2, 0) is 20.7 Å². The molecule has 7 heteroatoms. The van der Waals surface area contributed by atoms with Gasteiger partial charge < -0.3 is 15.2 Å². The standard InChI is InChI=1S/C21H30INO5/c1-21(2,3)28-20(27)23-18(19(25)26)8-6-4-5-7-17(24)14-11-15-9-12-16(22)13-10-15/h9-10,12-13,18H,4-8,11,14H2,1-3H3,(H,23,27)(H,25,26)/t18-/m0/s1. The molecule has 1 amide bonds. The largest absolute Gasteiger partial charge is 0.480 e. The molecule has 0 aliphatic heterocycles. The number of carboxylic acid groups (broad SMARTS) is 1. The van der Waals surface area contributed by atoms with Gasteiger partial charge in [-0.3, -0.25) is 4.79 Å². The monoisotopic (exact) mass is 503 g/mol.